The van der Waals surface area contributed by atoms with Gasteiger partial charge >= 0.3 is 6.08 Å². The third kappa shape index (κ3) is 1.90. The zero-order chi connectivity index (χ0) is 7.40. The molecule has 10 heavy (non-hydrogen) atoms. The summed E-state index contributed by atoms with van der Waals surface area (Å²) < 4.78 is 4.57. The molecule has 0 aliphatic heterocycles. The summed E-state index contributed by atoms with van der Waals surface area (Å²) in [6.07, 6.45) is 4.76. The first-order chi connectivity index (χ1) is 4.83. The van der Waals surface area contributed by atoms with E-state index in [1.54, 1.807) is 0 Å². The second-order valence-electron chi connectivity index (χ2n) is 2.63. The van der Waals surface area contributed by atoms with E-state index in [1.165, 1.54) is 20.0 Å². The van der Waals surface area contributed by atoms with E-state index in [4.69, 9.17) is 5.11 Å². The molecular weight excluding hydrogens is 130 g/mol. The Morgan fingerprint density at radius 3 is 2.60 bits per heavy atom. The smallest absolute Gasteiger partial charge is 0.430 e. The van der Waals surface area contributed by atoms with E-state index in [2.05, 4.69) is 9.73 Å². The van der Waals surface area contributed by atoms with Gasteiger partial charge in [0.15, 0.2) is 6.04 Å². The molecule has 0 aromatic heterocycles. The fraction of sp³-hybridized carbons (Fsp3) is 0.857. The number of hydrogen-bond donors (Lipinski definition) is 2. The van der Waals surface area contributed by atoms with Crippen LogP contribution < -0.4 is 4.99 Å². The standard InChI is InChI=1S/C7H13NO2/c1-10-7(9)8-6-4-2-3-5-6/h6H,2-5H2,1H3,(H,8,9)/p+1. The summed E-state index contributed by atoms with van der Waals surface area (Å²) in [6.45, 7) is 0. The van der Waals surface area contributed by atoms with Gasteiger partial charge in [-0.1, -0.05) is 0 Å². The Hall–Kier alpha value is -0.730. The molecule has 0 heterocycles. The molecule has 1 aliphatic carbocycles. The number of nitrogens with one attached hydrogen (secondary N) is 1. The van der Waals surface area contributed by atoms with E-state index in [0.29, 0.717) is 6.04 Å². The quantitative estimate of drug-likeness (QED) is 0.387. The van der Waals surface area contributed by atoms with Gasteiger partial charge in [0.2, 0.25) is 0 Å². The van der Waals surface area contributed by atoms with Gasteiger partial charge in [0.25, 0.3) is 0 Å². The van der Waals surface area contributed by atoms with Crippen molar-refractivity contribution in [2.24, 2.45) is 0 Å². The van der Waals surface area contributed by atoms with Crippen molar-refractivity contribution in [2.45, 2.75) is 31.7 Å². The summed E-state index contributed by atoms with van der Waals surface area (Å²) in [5.41, 5.74) is 0. The van der Waals surface area contributed by atoms with Gasteiger partial charge in [-0.25, -0.2) is 0 Å². The Balaban J connectivity index is 2.34. The molecule has 0 aromatic carbocycles. The van der Waals surface area contributed by atoms with Crippen LogP contribution in [0.15, 0.2) is 0 Å². The van der Waals surface area contributed by atoms with Crippen molar-refractivity contribution in [1.29, 1.82) is 0 Å². The van der Waals surface area contributed by atoms with Crippen LogP contribution >= 0.6 is 0 Å². The van der Waals surface area contributed by atoms with Crippen LogP contribution in [0.25, 0.3) is 0 Å². The zero-order valence-electron chi connectivity index (χ0n) is 6.26. The van der Waals surface area contributed by atoms with Crippen LogP contribution in [-0.4, -0.2) is 24.3 Å². The number of ether oxygens (including phenoxy) is 1. The van der Waals surface area contributed by atoms with Crippen LogP contribution in [0.5, 0.6) is 0 Å². The summed E-state index contributed by atoms with van der Waals surface area (Å²) >= 11 is 0. The van der Waals surface area contributed by atoms with E-state index >= 15 is 0 Å². The number of methoxy groups -OCH3 is 1. The second kappa shape index (κ2) is 3.44. The fourth-order valence-electron chi connectivity index (χ4n) is 1.30. The van der Waals surface area contributed by atoms with Crippen LogP contribution in [0, 0.1) is 0 Å². The highest BCUT2D eigenvalue weighted by molar-refractivity contribution is 5.56. The Morgan fingerprint density at radius 2 is 2.10 bits per heavy atom. The third-order valence-corrected chi connectivity index (χ3v) is 1.88. The number of aliphatic hydroxyl groups is 1. The first-order valence-corrected chi connectivity index (χ1v) is 3.69. The largest absolute Gasteiger partial charge is 0.544 e. The maximum atomic E-state index is 8.90. The van der Waals surface area contributed by atoms with Crippen molar-refractivity contribution >= 4 is 6.08 Å². The van der Waals surface area contributed by atoms with Gasteiger partial charge in [-0.05, 0) is 12.8 Å². The van der Waals surface area contributed by atoms with Crippen molar-refractivity contribution in [2.75, 3.05) is 7.11 Å². The summed E-state index contributed by atoms with van der Waals surface area (Å²) in [7, 11) is 1.46. The van der Waals surface area contributed by atoms with Gasteiger partial charge in [0, 0.05) is 12.8 Å². The monoisotopic (exact) mass is 144 g/mol. The number of aliphatic hydroxyl groups excluding tert-OH is 1. The lowest BCUT2D eigenvalue weighted by atomic mass is 10.3. The van der Waals surface area contributed by atoms with Crippen molar-refractivity contribution < 1.29 is 14.8 Å². The predicted octanol–water partition coefficient (Wildman–Crippen LogP) is -0.430. The number of hydrogen-bond acceptors (Lipinski definition) is 1. The Morgan fingerprint density at radius 1 is 1.50 bits per heavy atom. The van der Waals surface area contributed by atoms with E-state index in [0.717, 1.165) is 12.8 Å². The Kier molecular flexibility index (Phi) is 2.54. The fourth-order valence-corrected chi connectivity index (χ4v) is 1.30. The third-order valence-electron chi connectivity index (χ3n) is 1.88. The second-order valence-corrected chi connectivity index (χ2v) is 2.63. The Labute approximate surface area is 60.7 Å². The zero-order valence-corrected chi connectivity index (χ0v) is 6.26. The van der Waals surface area contributed by atoms with Crippen LogP contribution in [0.4, 0.5) is 0 Å². The summed E-state index contributed by atoms with van der Waals surface area (Å²) in [5.74, 6) is 0. The molecular formula is C7H14NO2+. The van der Waals surface area contributed by atoms with E-state index < -0.39 is 0 Å². The average Bonchev–Trinajstić information content (AvgIpc) is 2.40. The van der Waals surface area contributed by atoms with Gasteiger partial charge in [0.1, 0.15) is 0 Å². The molecule has 1 saturated carbocycles. The molecule has 0 aromatic rings. The van der Waals surface area contributed by atoms with Crippen LogP contribution in [0.1, 0.15) is 25.7 Å². The minimum atomic E-state index is -0.0492. The Bertz CT molecular complexity index is 128. The SMILES string of the molecule is COC(O)=[NH+]C1CCCC1. The molecule has 0 amide bonds. The summed E-state index contributed by atoms with van der Waals surface area (Å²) in [6, 6.07) is 0.431. The first-order valence-electron chi connectivity index (χ1n) is 3.69. The highest BCUT2D eigenvalue weighted by Gasteiger charge is 2.20. The molecule has 3 heteroatoms. The van der Waals surface area contributed by atoms with E-state index in [1.807, 2.05) is 0 Å². The molecule has 0 spiro atoms. The van der Waals surface area contributed by atoms with Crippen molar-refractivity contribution in [3.05, 3.63) is 0 Å². The molecule has 1 aliphatic rings. The van der Waals surface area contributed by atoms with Crippen LogP contribution in [0.3, 0.4) is 0 Å². The van der Waals surface area contributed by atoms with Crippen LogP contribution in [0.2, 0.25) is 0 Å². The lowest BCUT2D eigenvalue weighted by molar-refractivity contribution is -0.519. The molecule has 58 valence electrons. The molecule has 0 unspecified atom stereocenters. The highest BCUT2D eigenvalue weighted by Crippen LogP contribution is 2.13. The minimum Gasteiger partial charge on any atom is -0.430 e. The van der Waals surface area contributed by atoms with Crippen molar-refractivity contribution in [1.82, 2.24) is 0 Å². The van der Waals surface area contributed by atoms with Gasteiger partial charge in [-0.15, -0.1) is 0 Å². The van der Waals surface area contributed by atoms with Crippen LogP contribution in [-0.2, 0) is 4.74 Å². The maximum absolute atomic E-state index is 8.90. The van der Waals surface area contributed by atoms with Gasteiger partial charge < -0.3 is 9.84 Å². The molecule has 0 radical (unpaired) electrons. The molecule has 1 fully saturated rings. The minimum absolute atomic E-state index is 0.0492. The van der Waals surface area contributed by atoms with E-state index in [9.17, 15) is 0 Å². The normalized spacial score (nSPS) is 21.5. The highest BCUT2D eigenvalue weighted by atomic mass is 16.6. The molecule has 2 N–H and O–H groups in total. The lowest BCUT2D eigenvalue weighted by Gasteiger charge is -1.94. The van der Waals surface area contributed by atoms with E-state index in [-0.39, 0.29) is 6.08 Å². The summed E-state index contributed by atoms with van der Waals surface area (Å²) in [4.78, 5) is 2.88. The lowest BCUT2D eigenvalue weighted by Crippen LogP contribution is -2.79. The van der Waals surface area contributed by atoms with Crippen molar-refractivity contribution in [3.63, 3.8) is 0 Å². The summed E-state index contributed by atoms with van der Waals surface area (Å²) in [5, 5.41) is 8.90. The van der Waals surface area contributed by atoms with Gasteiger partial charge in [0.05, 0.1) is 7.11 Å². The molecule has 0 bridgehead atoms. The maximum Gasteiger partial charge on any atom is 0.544 e. The first kappa shape index (κ1) is 7.38. The number of rotatable bonds is 1. The molecule has 1 rings (SSSR count). The molecule has 3 nitrogen and oxygen atoms in total. The predicted molar refractivity (Wildman–Crippen MR) is 37.9 cm³/mol. The molecule has 0 atom stereocenters. The average molecular weight is 144 g/mol. The van der Waals surface area contributed by atoms with Gasteiger partial charge in [-0.3, -0.25) is 0 Å². The molecule has 0 saturated heterocycles. The van der Waals surface area contributed by atoms with Gasteiger partial charge in [-0.2, -0.15) is 4.99 Å². The topological polar surface area (TPSA) is 43.4 Å². The van der Waals surface area contributed by atoms with Crippen molar-refractivity contribution in [3.8, 4) is 0 Å².